The second-order valence-corrected chi connectivity index (χ2v) is 5.45. The minimum Gasteiger partial charge on any atom is -0.300 e. The van der Waals surface area contributed by atoms with E-state index in [-0.39, 0.29) is 4.96 Å². The molecule has 0 aromatic carbocycles. The van der Waals surface area contributed by atoms with Crippen molar-refractivity contribution in [2.45, 2.75) is 19.5 Å². The van der Waals surface area contributed by atoms with Crippen LogP contribution in [-0.4, -0.2) is 44.3 Å². The van der Waals surface area contributed by atoms with Crippen molar-refractivity contribution in [2.24, 2.45) is 0 Å². The molecule has 108 valence electrons. The fourth-order valence-corrected chi connectivity index (χ4v) is 3.02. The lowest BCUT2D eigenvalue weighted by Gasteiger charge is -2.23. The zero-order valence-corrected chi connectivity index (χ0v) is 11.5. The van der Waals surface area contributed by atoms with E-state index in [0.717, 1.165) is 47.5 Å². The van der Waals surface area contributed by atoms with E-state index in [2.05, 4.69) is 27.1 Å². The molecular weight excluding hydrogens is 291 g/mol. The third kappa shape index (κ3) is 2.31. The van der Waals surface area contributed by atoms with Crippen molar-refractivity contribution in [2.75, 3.05) is 19.6 Å². The molecule has 0 bridgehead atoms. The zero-order valence-electron chi connectivity index (χ0n) is 10.7. The highest BCUT2D eigenvalue weighted by molar-refractivity contribution is 7.17. The molecule has 0 radical (unpaired) electrons. The van der Waals surface area contributed by atoms with Gasteiger partial charge in [-0.2, -0.15) is 22.8 Å². The molecule has 3 rings (SSSR count). The third-order valence-electron chi connectivity index (χ3n) is 3.26. The molecule has 0 spiro atoms. The van der Waals surface area contributed by atoms with Gasteiger partial charge >= 0.3 is 6.18 Å². The molecule has 9 heteroatoms. The molecule has 3 heterocycles. The van der Waals surface area contributed by atoms with Gasteiger partial charge in [0.25, 0.3) is 5.82 Å². The molecule has 20 heavy (non-hydrogen) atoms. The highest BCUT2D eigenvalue weighted by Gasteiger charge is 2.38. The van der Waals surface area contributed by atoms with Crippen LogP contribution in [0.5, 0.6) is 0 Å². The quantitative estimate of drug-likeness (QED) is 0.854. The molecule has 0 atom stereocenters. The number of hydrogen-bond donors (Lipinski definition) is 0. The fourth-order valence-electron chi connectivity index (χ4n) is 2.12. The number of nitrogens with zero attached hydrogens (tertiary/aromatic N) is 5. The summed E-state index contributed by atoms with van der Waals surface area (Å²) in [6, 6.07) is 0. The number of halogens is 3. The lowest BCUT2D eigenvalue weighted by Crippen LogP contribution is -2.28. The summed E-state index contributed by atoms with van der Waals surface area (Å²) < 4.78 is 38.9. The van der Waals surface area contributed by atoms with Crippen LogP contribution in [0.1, 0.15) is 24.2 Å². The molecule has 1 aliphatic rings. The minimum atomic E-state index is -4.54. The second kappa shape index (κ2) is 4.81. The van der Waals surface area contributed by atoms with Gasteiger partial charge in [0.05, 0.1) is 0 Å². The first-order chi connectivity index (χ1) is 9.49. The predicted molar refractivity (Wildman–Crippen MR) is 68.4 cm³/mol. The molecule has 2 aromatic rings. The normalized spacial score (nSPS) is 17.7. The van der Waals surface area contributed by atoms with Crippen LogP contribution in [0.4, 0.5) is 13.2 Å². The second-order valence-electron chi connectivity index (χ2n) is 4.50. The Morgan fingerprint density at radius 2 is 2.15 bits per heavy atom. The Bertz CT molecular complexity index is 657. The average molecular weight is 303 g/mol. The van der Waals surface area contributed by atoms with Gasteiger partial charge in [-0.25, -0.2) is 0 Å². The van der Waals surface area contributed by atoms with E-state index < -0.39 is 12.0 Å². The van der Waals surface area contributed by atoms with Crippen LogP contribution in [0.15, 0.2) is 6.08 Å². The first-order valence-electron chi connectivity index (χ1n) is 6.20. The van der Waals surface area contributed by atoms with Gasteiger partial charge in [0.2, 0.25) is 4.96 Å². The Hall–Kier alpha value is -1.48. The summed E-state index contributed by atoms with van der Waals surface area (Å²) in [6.07, 6.45) is -1.73. The van der Waals surface area contributed by atoms with Crippen LogP contribution >= 0.6 is 11.3 Å². The van der Waals surface area contributed by atoms with Gasteiger partial charge in [-0.3, -0.25) is 4.90 Å². The Balaban J connectivity index is 1.94. The maximum atomic E-state index is 12.7. The van der Waals surface area contributed by atoms with E-state index in [4.69, 9.17) is 0 Å². The standard InChI is InChI=1S/C11H12F3N5S/c1-2-18-5-3-7(4-6-18)8-17-19-9(11(12,13)14)15-16-10(19)20-8/h3H,2,4-6H2,1H3. The van der Waals surface area contributed by atoms with Gasteiger partial charge in [-0.1, -0.05) is 24.3 Å². The molecule has 1 aliphatic heterocycles. The SMILES string of the molecule is CCN1CC=C(c2nn3c(C(F)(F)F)nnc3s2)CC1. The maximum absolute atomic E-state index is 12.7. The van der Waals surface area contributed by atoms with Crippen molar-refractivity contribution >= 4 is 21.9 Å². The first-order valence-corrected chi connectivity index (χ1v) is 7.02. The molecule has 0 saturated heterocycles. The number of aromatic nitrogens is 4. The van der Waals surface area contributed by atoms with Gasteiger partial charge in [-0.15, -0.1) is 10.2 Å². The van der Waals surface area contributed by atoms with Crippen molar-refractivity contribution < 1.29 is 13.2 Å². The average Bonchev–Trinajstić information content (AvgIpc) is 2.97. The molecular formula is C11H12F3N5S. The summed E-state index contributed by atoms with van der Waals surface area (Å²) in [6.45, 7) is 4.75. The summed E-state index contributed by atoms with van der Waals surface area (Å²) in [7, 11) is 0. The summed E-state index contributed by atoms with van der Waals surface area (Å²) in [4.78, 5) is 2.43. The third-order valence-corrected chi connectivity index (χ3v) is 4.23. The molecule has 0 aliphatic carbocycles. The van der Waals surface area contributed by atoms with E-state index >= 15 is 0 Å². The summed E-state index contributed by atoms with van der Waals surface area (Å²) in [5.74, 6) is -1.07. The zero-order chi connectivity index (χ0) is 14.3. The number of rotatable bonds is 2. The van der Waals surface area contributed by atoms with Crippen molar-refractivity contribution in [3.05, 3.63) is 16.9 Å². The van der Waals surface area contributed by atoms with E-state index in [1.165, 1.54) is 0 Å². The van der Waals surface area contributed by atoms with E-state index in [0.29, 0.717) is 5.01 Å². The number of alkyl halides is 3. The van der Waals surface area contributed by atoms with E-state index in [1.54, 1.807) is 0 Å². The molecule has 2 aromatic heterocycles. The minimum absolute atomic E-state index is 0.172. The van der Waals surface area contributed by atoms with E-state index in [1.807, 2.05) is 6.08 Å². The van der Waals surface area contributed by atoms with Crippen LogP contribution in [0, 0.1) is 0 Å². The summed E-state index contributed by atoms with van der Waals surface area (Å²) in [5.41, 5.74) is 0.985. The topological polar surface area (TPSA) is 46.3 Å². The predicted octanol–water partition coefficient (Wildman–Crippen LogP) is 2.31. The smallest absolute Gasteiger partial charge is 0.300 e. The fraction of sp³-hybridized carbons (Fsp3) is 0.545. The van der Waals surface area contributed by atoms with Crippen molar-refractivity contribution in [1.82, 2.24) is 24.7 Å². The van der Waals surface area contributed by atoms with Crippen molar-refractivity contribution in [1.29, 1.82) is 0 Å². The monoisotopic (exact) mass is 303 g/mol. The Morgan fingerprint density at radius 1 is 1.35 bits per heavy atom. The van der Waals surface area contributed by atoms with Crippen LogP contribution in [0.3, 0.4) is 0 Å². The Morgan fingerprint density at radius 3 is 2.75 bits per heavy atom. The highest BCUT2D eigenvalue weighted by Crippen LogP contribution is 2.31. The number of likely N-dealkylation sites (N-methyl/N-ethyl adjacent to an activating group) is 1. The largest absolute Gasteiger partial charge is 0.453 e. The van der Waals surface area contributed by atoms with Gasteiger partial charge in [-0.05, 0) is 18.5 Å². The van der Waals surface area contributed by atoms with Crippen LogP contribution < -0.4 is 0 Å². The van der Waals surface area contributed by atoms with Crippen LogP contribution in [0.25, 0.3) is 10.5 Å². The Kier molecular flexibility index (Phi) is 3.25. The molecule has 0 fully saturated rings. The van der Waals surface area contributed by atoms with Crippen LogP contribution in [0.2, 0.25) is 0 Å². The molecule has 0 N–H and O–H groups in total. The lowest BCUT2D eigenvalue weighted by atomic mass is 10.1. The summed E-state index contributed by atoms with van der Waals surface area (Å²) in [5, 5.41) is 11.3. The highest BCUT2D eigenvalue weighted by atomic mass is 32.1. The molecule has 0 saturated carbocycles. The summed E-state index contributed by atoms with van der Waals surface area (Å²) >= 11 is 1.14. The number of hydrogen-bond acceptors (Lipinski definition) is 5. The van der Waals surface area contributed by atoms with Gasteiger partial charge in [0.1, 0.15) is 5.01 Å². The van der Waals surface area contributed by atoms with E-state index in [9.17, 15) is 13.2 Å². The Labute approximate surface area is 116 Å². The number of fused-ring (bicyclic) bond motifs is 1. The van der Waals surface area contributed by atoms with Crippen molar-refractivity contribution in [3.63, 3.8) is 0 Å². The van der Waals surface area contributed by atoms with Gasteiger partial charge in [0.15, 0.2) is 0 Å². The molecule has 0 amide bonds. The molecule has 0 unspecified atom stereocenters. The first kappa shape index (κ1) is 13.5. The maximum Gasteiger partial charge on any atom is 0.453 e. The van der Waals surface area contributed by atoms with Crippen molar-refractivity contribution in [3.8, 4) is 0 Å². The molecule has 5 nitrogen and oxygen atoms in total. The van der Waals surface area contributed by atoms with Crippen LogP contribution in [-0.2, 0) is 6.18 Å². The van der Waals surface area contributed by atoms with Gasteiger partial charge in [0, 0.05) is 13.1 Å². The van der Waals surface area contributed by atoms with Gasteiger partial charge < -0.3 is 0 Å². The lowest BCUT2D eigenvalue weighted by molar-refractivity contribution is -0.146.